The fourth-order valence-corrected chi connectivity index (χ4v) is 3.38. The molecule has 0 bridgehead atoms. The summed E-state index contributed by atoms with van der Waals surface area (Å²) < 4.78 is 23.8. The van der Waals surface area contributed by atoms with E-state index in [1.165, 1.54) is 0 Å². The van der Waals surface area contributed by atoms with Gasteiger partial charge in [-0.3, -0.25) is 4.79 Å². The minimum atomic E-state index is -3.54. The van der Waals surface area contributed by atoms with Gasteiger partial charge < -0.3 is 10.4 Å². The van der Waals surface area contributed by atoms with Crippen molar-refractivity contribution in [1.82, 2.24) is 5.32 Å². The summed E-state index contributed by atoms with van der Waals surface area (Å²) in [6.07, 6.45) is 1.02. The summed E-state index contributed by atoms with van der Waals surface area (Å²) in [6.45, 7) is 1.15. The number of benzene rings is 1. The number of hydrogen-bond acceptors (Lipinski definition) is 4. The van der Waals surface area contributed by atoms with E-state index in [9.17, 15) is 18.0 Å². The number of hydrogen-bond donors (Lipinski definition) is 2. The van der Waals surface area contributed by atoms with Gasteiger partial charge in [-0.1, -0.05) is 30.3 Å². The van der Waals surface area contributed by atoms with Gasteiger partial charge in [-0.2, -0.15) is 0 Å². The van der Waals surface area contributed by atoms with Crippen molar-refractivity contribution in [3.63, 3.8) is 0 Å². The maximum absolute atomic E-state index is 11.9. The molecular weight excluding hydrogens is 294 g/mol. The first kappa shape index (κ1) is 17.2. The number of aliphatic carboxylic acids is 1. The van der Waals surface area contributed by atoms with Gasteiger partial charge in [-0.25, -0.2) is 13.2 Å². The van der Waals surface area contributed by atoms with Crippen LogP contribution in [0.25, 0.3) is 0 Å². The van der Waals surface area contributed by atoms with Gasteiger partial charge in [0.05, 0.1) is 11.5 Å². The second-order valence-corrected chi connectivity index (χ2v) is 7.02. The normalized spacial score (nSPS) is 12.6. The highest BCUT2D eigenvalue weighted by Crippen LogP contribution is 2.05. The molecule has 0 aliphatic heterocycles. The molecule has 0 aliphatic carbocycles. The second kappa shape index (κ2) is 7.78. The van der Waals surface area contributed by atoms with Gasteiger partial charge in [0, 0.05) is 6.92 Å². The van der Waals surface area contributed by atoms with E-state index in [1.54, 1.807) is 0 Å². The van der Waals surface area contributed by atoms with Gasteiger partial charge in [0.15, 0.2) is 9.84 Å². The van der Waals surface area contributed by atoms with Crippen LogP contribution in [0.2, 0.25) is 0 Å². The SMILES string of the molecule is CC(=O)NC(CS(=O)(=O)CCCc1ccccc1)C(=O)O. The Morgan fingerprint density at radius 2 is 1.86 bits per heavy atom. The third-order valence-electron chi connectivity index (χ3n) is 2.86. The predicted molar refractivity (Wildman–Crippen MR) is 78.7 cm³/mol. The summed E-state index contributed by atoms with van der Waals surface area (Å²) in [6, 6.07) is 8.05. The molecule has 6 nitrogen and oxygen atoms in total. The van der Waals surface area contributed by atoms with E-state index in [0.29, 0.717) is 12.8 Å². The van der Waals surface area contributed by atoms with Crippen molar-refractivity contribution < 1.29 is 23.1 Å². The summed E-state index contributed by atoms with van der Waals surface area (Å²) in [5, 5.41) is 11.0. The monoisotopic (exact) mass is 313 g/mol. The Labute approximate surface area is 124 Å². The average Bonchev–Trinajstić information content (AvgIpc) is 2.38. The molecule has 1 atom stereocenters. The average molecular weight is 313 g/mol. The summed E-state index contributed by atoms with van der Waals surface area (Å²) in [5.41, 5.74) is 1.03. The maximum Gasteiger partial charge on any atom is 0.327 e. The number of carboxylic acid groups (broad SMARTS) is 1. The molecule has 116 valence electrons. The molecule has 0 saturated heterocycles. The van der Waals surface area contributed by atoms with Crippen molar-refractivity contribution in [2.24, 2.45) is 0 Å². The van der Waals surface area contributed by atoms with Gasteiger partial charge in [-0.15, -0.1) is 0 Å². The Balaban J connectivity index is 2.52. The van der Waals surface area contributed by atoms with Crippen LogP contribution in [0.3, 0.4) is 0 Å². The fourth-order valence-electron chi connectivity index (χ4n) is 1.90. The van der Waals surface area contributed by atoms with Crippen molar-refractivity contribution in [3.8, 4) is 0 Å². The van der Waals surface area contributed by atoms with Crippen LogP contribution in [0.1, 0.15) is 18.9 Å². The van der Waals surface area contributed by atoms with Crippen molar-refractivity contribution in [3.05, 3.63) is 35.9 Å². The Morgan fingerprint density at radius 3 is 2.38 bits per heavy atom. The number of carbonyl (C=O) groups is 2. The van der Waals surface area contributed by atoms with Gasteiger partial charge >= 0.3 is 5.97 Å². The zero-order valence-electron chi connectivity index (χ0n) is 11.8. The quantitative estimate of drug-likeness (QED) is 0.733. The molecular formula is C14H19NO5S. The van der Waals surface area contributed by atoms with E-state index in [1.807, 2.05) is 30.3 Å². The minimum Gasteiger partial charge on any atom is -0.480 e. The Morgan fingerprint density at radius 1 is 1.24 bits per heavy atom. The van der Waals surface area contributed by atoms with E-state index >= 15 is 0 Å². The molecule has 0 spiro atoms. The second-order valence-electron chi connectivity index (χ2n) is 4.79. The van der Waals surface area contributed by atoms with Gasteiger partial charge in [-0.05, 0) is 18.4 Å². The highest BCUT2D eigenvalue weighted by Gasteiger charge is 2.25. The lowest BCUT2D eigenvalue weighted by molar-refractivity contribution is -0.140. The van der Waals surface area contributed by atoms with Crippen molar-refractivity contribution in [1.29, 1.82) is 0 Å². The molecule has 1 aromatic carbocycles. The lowest BCUT2D eigenvalue weighted by Crippen LogP contribution is -2.44. The minimum absolute atomic E-state index is 0.106. The molecule has 1 unspecified atom stereocenters. The van der Waals surface area contributed by atoms with E-state index < -0.39 is 33.5 Å². The summed E-state index contributed by atoms with van der Waals surface area (Å²) in [7, 11) is -3.54. The van der Waals surface area contributed by atoms with E-state index in [4.69, 9.17) is 5.11 Å². The van der Waals surface area contributed by atoms with E-state index in [2.05, 4.69) is 5.32 Å². The van der Waals surface area contributed by atoms with Crippen molar-refractivity contribution in [2.45, 2.75) is 25.8 Å². The number of nitrogens with one attached hydrogen (secondary N) is 1. The van der Waals surface area contributed by atoms with Crippen LogP contribution >= 0.6 is 0 Å². The molecule has 1 amide bonds. The Bertz CT molecular complexity index is 583. The van der Waals surface area contributed by atoms with Crippen LogP contribution in [-0.4, -0.2) is 42.9 Å². The lowest BCUT2D eigenvalue weighted by Gasteiger charge is -2.13. The Hall–Kier alpha value is -1.89. The molecule has 1 rings (SSSR count). The number of carboxylic acids is 1. The third-order valence-corrected chi connectivity index (χ3v) is 4.61. The standard InChI is InChI=1S/C14H19NO5S/c1-11(16)15-13(14(17)18)10-21(19,20)9-5-8-12-6-3-2-4-7-12/h2-4,6-7,13H,5,8-10H2,1H3,(H,15,16)(H,17,18). The summed E-state index contributed by atoms with van der Waals surface area (Å²) in [4.78, 5) is 21.8. The van der Waals surface area contributed by atoms with Gasteiger partial charge in [0.2, 0.25) is 5.91 Å². The van der Waals surface area contributed by atoms with Crippen LogP contribution in [0.15, 0.2) is 30.3 Å². The van der Waals surface area contributed by atoms with Gasteiger partial charge in [0.25, 0.3) is 0 Å². The van der Waals surface area contributed by atoms with E-state index in [-0.39, 0.29) is 5.75 Å². The number of sulfone groups is 1. The number of aryl methyl sites for hydroxylation is 1. The first-order valence-corrected chi connectivity index (χ1v) is 8.36. The van der Waals surface area contributed by atoms with Gasteiger partial charge in [0.1, 0.15) is 6.04 Å². The number of rotatable bonds is 8. The predicted octanol–water partition coefficient (Wildman–Crippen LogP) is 0.623. The topological polar surface area (TPSA) is 101 Å². The first-order valence-electron chi connectivity index (χ1n) is 6.54. The number of amides is 1. The molecule has 0 heterocycles. The largest absolute Gasteiger partial charge is 0.480 e. The van der Waals surface area contributed by atoms with Crippen LogP contribution in [0, 0.1) is 0 Å². The molecule has 21 heavy (non-hydrogen) atoms. The van der Waals surface area contributed by atoms with Crippen molar-refractivity contribution >= 4 is 21.7 Å². The first-order chi connectivity index (χ1) is 9.80. The summed E-state index contributed by atoms with van der Waals surface area (Å²) in [5.74, 6) is -2.61. The zero-order valence-corrected chi connectivity index (χ0v) is 12.6. The maximum atomic E-state index is 11.9. The highest BCUT2D eigenvalue weighted by atomic mass is 32.2. The van der Waals surface area contributed by atoms with Crippen LogP contribution in [-0.2, 0) is 25.8 Å². The zero-order chi connectivity index (χ0) is 15.9. The smallest absolute Gasteiger partial charge is 0.327 e. The number of carbonyl (C=O) groups excluding carboxylic acids is 1. The molecule has 0 saturated carbocycles. The lowest BCUT2D eigenvalue weighted by atomic mass is 10.1. The van der Waals surface area contributed by atoms with Crippen LogP contribution < -0.4 is 5.32 Å². The molecule has 7 heteroatoms. The molecule has 0 radical (unpaired) electrons. The molecule has 0 fully saturated rings. The third kappa shape index (κ3) is 6.89. The Kier molecular flexibility index (Phi) is 6.36. The van der Waals surface area contributed by atoms with E-state index in [0.717, 1.165) is 12.5 Å². The van der Waals surface area contributed by atoms with Crippen LogP contribution in [0.4, 0.5) is 0 Å². The van der Waals surface area contributed by atoms with Crippen molar-refractivity contribution in [2.75, 3.05) is 11.5 Å². The molecule has 0 aliphatic rings. The highest BCUT2D eigenvalue weighted by molar-refractivity contribution is 7.91. The molecule has 0 aromatic heterocycles. The summed E-state index contributed by atoms with van der Waals surface area (Å²) >= 11 is 0. The fraction of sp³-hybridized carbons (Fsp3) is 0.429. The molecule has 1 aromatic rings. The molecule has 2 N–H and O–H groups in total. The van der Waals surface area contributed by atoms with Crippen LogP contribution in [0.5, 0.6) is 0 Å².